The predicted octanol–water partition coefficient (Wildman–Crippen LogP) is 3.16. The van der Waals surface area contributed by atoms with E-state index in [-0.39, 0.29) is 6.04 Å². The molecule has 1 aromatic heterocycles. The summed E-state index contributed by atoms with van der Waals surface area (Å²) in [5, 5.41) is 4.60. The second-order valence-electron chi connectivity index (χ2n) is 6.28. The monoisotopic (exact) mass is 249 g/mol. The molecule has 1 heterocycles. The number of nitrogens with two attached hydrogens (primary N) is 1. The van der Waals surface area contributed by atoms with Crippen molar-refractivity contribution in [1.82, 2.24) is 9.78 Å². The topological polar surface area (TPSA) is 43.8 Å². The fourth-order valence-corrected chi connectivity index (χ4v) is 3.05. The van der Waals surface area contributed by atoms with Crippen LogP contribution >= 0.6 is 0 Å². The molecule has 1 aromatic rings. The molecule has 3 atom stereocenters. The molecule has 0 aromatic carbocycles. The summed E-state index contributed by atoms with van der Waals surface area (Å²) in [6.45, 7) is 6.66. The van der Waals surface area contributed by atoms with E-state index < -0.39 is 0 Å². The Morgan fingerprint density at radius 3 is 2.83 bits per heavy atom. The highest BCUT2D eigenvalue weighted by Gasteiger charge is 2.24. The molecule has 3 nitrogen and oxygen atoms in total. The van der Waals surface area contributed by atoms with Gasteiger partial charge in [0.2, 0.25) is 0 Å². The first kappa shape index (κ1) is 13.6. The van der Waals surface area contributed by atoms with Gasteiger partial charge in [-0.15, -0.1) is 0 Å². The summed E-state index contributed by atoms with van der Waals surface area (Å²) in [5.74, 6) is 1.54. The summed E-state index contributed by atoms with van der Waals surface area (Å²) in [5.41, 5.74) is 7.53. The lowest BCUT2D eigenvalue weighted by atomic mass is 9.78. The summed E-state index contributed by atoms with van der Waals surface area (Å²) >= 11 is 0. The summed E-state index contributed by atoms with van der Waals surface area (Å²) in [4.78, 5) is 0. The third kappa shape index (κ3) is 3.35. The Balaban J connectivity index is 1.91. The van der Waals surface area contributed by atoms with E-state index in [1.54, 1.807) is 0 Å². The van der Waals surface area contributed by atoms with Crippen LogP contribution in [0.1, 0.15) is 58.2 Å². The summed E-state index contributed by atoms with van der Waals surface area (Å²) in [6.07, 6.45) is 8.32. The maximum absolute atomic E-state index is 6.38. The maximum Gasteiger partial charge on any atom is 0.0640 e. The fourth-order valence-electron chi connectivity index (χ4n) is 3.05. The molecule has 2 rings (SSSR count). The molecule has 18 heavy (non-hydrogen) atoms. The van der Waals surface area contributed by atoms with Crippen LogP contribution in [0.25, 0.3) is 0 Å². The van der Waals surface area contributed by atoms with E-state index in [9.17, 15) is 0 Å². The maximum atomic E-state index is 6.38. The van der Waals surface area contributed by atoms with Crippen LogP contribution in [0.4, 0.5) is 0 Å². The minimum atomic E-state index is 0.281. The molecule has 1 saturated carbocycles. The highest BCUT2D eigenvalue weighted by atomic mass is 15.3. The molecule has 2 N–H and O–H groups in total. The molecule has 1 fully saturated rings. The van der Waals surface area contributed by atoms with Crippen molar-refractivity contribution in [3.63, 3.8) is 0 Å². The van der Waals surface area contributed by atoms with Crippen molar-refractivity contribution in [2.45, 2.75) is 65.0 Å². The second kappa shape index (κ2) is 5.87. The van der Waals surface area contributed by atoms with E-state index in [1.807, 2.05) is 4.68 Å². The first-order chi connectivity index (χ1) is 8.56. The van der Waals surface area contributed by atoms with Gasteiger partial charge in [0.05, 0.1) is 5.69 Å². The lowest BCUT2D eigenvalue weighted by Gasteiger charge is -2.30. The molecule has 0 radical (unpaired) electrons. The fraction of sp³-hybridized carbons (Fsp3) is 0.800. The van der Waals surface area contributed by atoms with Crippen LogP contribution in [0, 0.1) is 11.8 Å². The van der Waals surface area contributed by atoms with Crippen molar-refractivity contribution in [2.75, 3.05) is 0 Å². The van der Waals surface area contributed by atoms with E-state index in [0.29, 0.717) is 12.0 Å². The largest absolute Gasteiger partial charge is 0.327 e. The van der Waals surface area contributed by atoms with Gasteiger partial charge in [-0.3, -0.25) is 4.68 Å². The number of nitrogens with zero attached hydrogens (tertiary/aromatic N) is 2. The van der Waals surface area contributed by atoms with Gasteiger partial charge < -0.3 is 5.73 Å². The van der Waals surface area contributed by atoms with Crippen LogP contribution in [-0.2, 0) is 6.42 Å². The summed E-state index contributed by atoms with van der Waals surface area (Å²) in [7, 11) is 0. The standard InChI is InChI=1S/C15H27N3/c1-11(2)18-8-7-14(17-18)10-15(16)13-6-4-5-12(3)9-13/h7-8,11-13,15H,4-6,9-10,16H2,1-3H3. The molecule has 0 saturated heterocycles. The Morgan fingerprint density at radius 1 is 1.44 bits per heavy atom. The smallest absolute Gasteiger partial charge is 0.0640 e. The van der Waals surface area contributed by atoms with Gasteiger partial charge in [-0.1, -0.05) is 19.8 Å². The van der Waals surface area contributed by atoms with Gasteiger partial charge in [-0.05, 0) is 44.6 Å². The lowest BCUT2D eigenvalue weighted by Crippen LogP contribution is -2.35. The van der Waals surface area contributed by atoms with E-state index in [0.717, 1.165) is 18.0 Å². The first-order valence-corrected chi connectivity index (χ1v) is 7.36. The first-order valence-electron chi connectivity index (χ1n) is 7.36. The molecule has 0 amide bonds. The van der Waals surface area contributed by atoms with Crippen molar-refractivity contribution in [2.24, 2.45) is 17.6 Å². The van der Waals surface area contributed by atoms with Gasteiger partial charge in [-0.25, -0.2) is 0 Å². The number of hydrogen-bond acceptors (Lipinski definition) is 2. The van der Waals surface area contributed by atoms with Crippen LogP contribution in [0.2, 0.25) is 0 Å². The van der Waals surface area contributed by atoms with Crippen molar-refractivity contribution >= 4 is 0 Å². The average molecular weight is 249 g/mol. The molecule has 0 bridgehead atoms. The van der Waals surface area contributed by atoms with Gasteiger partial charge in [-0.2, -0.15) is 5.10 Å². The minimum absolute atomic E-state index is 0.281. The molecule has 3 unspecified atom stereocenters. The molecular formula is C15H27N3. The zero-order valence-corrected chi connectivity index (χ0v) is 12.0. The van der Waals surface area contributed by atoms with Crippen LogP contribution < -0.4 is 5.73 Å². The van der Waals surface area contributed by atoms with Crippen molar-refractivity contribution in [1.29, 1.82) is 0 Å². The van der Waals surface area contributed by atoms with Crippen molar-refractivity contribution in [3.05, 3.63) is 18.0 Å². The Kier molecular flexibility index (Phi) is 4.44. The molecule has 102 valence electrons. The molecule has 3 heteroatoms. The molecule has 0 aliphatic heterocycles. The Hall–Kier alpha value is -0.830. The summed E-state index contributed by atoms with van der Waals surface area (Å²) in [6, 6.07) is 2.83. The summed E-state index contributed by atoms with van der Waals surface area (Å²) < 4.78 is 2.02. The van der Waals surface area contributed by atoms with Gasteiger partial charge >= 0.3 is 0 Å². The van der Waals surface area contributed by atoms with E-state index in [1.165, 1.54) is 25.7 Å². The Labute approximate surface area is 111 Å². The van der Waals surface area contributed by atoms with Gasteiger partial charge in [0, 0.05) is 24.7 Å². The number of aromatic nitrogens is 2. The van der Waals surface area contributed by atoms with Gasteiger partial charge in [0.1, 0.15) is 0 Å². The van der Waals surface area contributed by atoms with Crippen LogP contribution in [0.3, 0.4) is 0 Å². The Morgan fingerprint density at radius 2 is 2.22 bits per heavy atom. The second-order valence-corrected chi connectivity index (χ2v) is 6.28. The van der Waals surface area contributed by atoms with E-state index in [2.05, 4.69) is 38.1 Å². The van der Waals surface area contributed by atoms with Crippen LogP contribution in [-0.4, -0.2) is 15.8 Å². The van der Waals surface area contributed by atoms with Gasteiger partial charge in [0.15, 0.2) is 0 Å². The normalized spacial score (nSPS) is 26.5. The number of hydrogen-bond donors (Lipinski definition) is 1. The third-order valence-corrected chi connectivity index (χ3v) is 4.22. The molecule has 1 aliphatic rings. The molecular weight excluding hydrogens is 222 g/mol. The van der Waals surface area contributed by atoms with E-state index >= 15 is 0 Å². The van der Waals surface area contributed by atoms with Crippen molar-refractivity contribution < 1.29 is 0 Å². The van der Waals surface area contributed by atoms with Gasteiger partial charge in [0.25, 0.3) is 0 Å². The van der Waals surface area contributed by atoms with Crippen molar-refractivity contribution in [3.8, 4) is 0 Å². The van der Waals surface area contributed by atoms with Crippen LogP contribution in [0.15, 0.2) is 12.3 Å². The van der Waals surface area contributed by atoms with E-state index in [4.69, 9.17) is 5.73 Å². The third-order valence-electron chi connectivity index (χ3n) is 4.22. The average Bonchev–Trinajstić information content (AvgIpc) is 2.77. The minimum Gasteiger partial charge on any atom is -0.327 e. The predicted molar refractivity (Wildman–Crippen MR) is 75.4 cm³/mol. The highest BCUT2D eigenvalue weighted by Crippen LogP contribution is 2.31. The van der Waals surface area contributed by atoms with Crippen LogP contribution in [0.5, 0.6) is 0 Å². The highest BCUT2D eigenvalue weighted by molar-refractivity contribution is 5.02. The zero-order valence-electron chi connectivity index (χ0n) is 12.0. The zero-order chi connectivity index (χ0) is 13.1. The Bertz CT molecular complexity index is 370. The quantitative estimate of drug-likeness (QED) is 0.890. The SMILES string of the molecule is CC1CCCC(C(N)Cc2ccn(C(C)C)n2)C1. The number of rotatable bonds is 4. The lowest BCUT2D eigenvalue weighted by molar-refractivity contribution is 0.244. The molecule has 1 aliphatic carbocycles. The molecule has 0 spiro atoms.